The first-order valence-electron chi connectivity index (χ1n) is 6.75. The van der Waals surface area contributed by atoms with Crippen LogP contribution in [0, 0.1) is 6.92 Å². The van der Waals surface area contributed by atoms with Crippen LogP contribution in [0.2, 0.25) is 0 Å². The number of halogens is 1. The zero-order valence-corrected chi connectivity index (χ0v) is 13.7. The average Bonchev–Trinajstić information content (AvgIpc) is 2.48. The monoisotopic (exact) mass is 333 g/mol. The van der Waals surface area contributed by atoms with Crippen molar-refractivity contribution in [2.24, 2.45) is 5.73 Å². The fourth-order valence-corrected chi connectivity index (χ4v) is 2.78. The van der Waals surface area contributed by atoms with E-state index in [0.29, 0.717) is 0 Å². The van der Waals surface area contributed by atoms with Gasteiger partial charge in [0.2, 0.25) is 0 Å². The van der Waals surface area contributed by atoms with Crippen molar-refractivity contribution in [3.05, 3.63) is 63.1 Å². The Bertz CT molecular complexity index is 610. The van der Waals surface area contributed by atoms with Gasteiger partial charge in [-0.1, -0.05) is 47.1 Å². The van der Waals surface area contributed by atoms with Crippen molar-refractivity contribution < 1.29 is 4.74 Å². The Morgan fingerprint density at radius 3 is 2.55 bits per heavy atom. The van der Waals surface area contributed by atoms with E-state index in [1.54, 1.807) is 7.11 Å². The number of nitrogens with two attached hydrogens (primary N) is 1. The maximum atomic E-state index is 6.49. The van der Waals surface area contributed by atoms with E-state index in [1.807, 2.05) is 19.1 Å². The van der Waals surface area contributed by atoms with Gasteiger partial charge < -0.3 is 10.5 Å². The summed E-state index contributed by atoms with van der Waals surface area (Å²) in [7, 11) is 1.69. The van der Waals surface area contributed by atoms with E-state index in [1.165, 1.54) is 5.56 Å². The molecule has 2 aromatic carbocycles. The second kappa shape index (κ2) is 6.42. The molecule has 2 aromatic rings. The Morgan fingerprint density at radius 2 is 1.90 bits per heavy atom. The molecular weight excluding hydrogens is 314 g/mol. The quantitative estimate of drug-likeness (QED) is 0.901. The second-order valence-electron chi connectivity index (χ2n) is 4.87. The molecule has 0 aliphatic carbocycles. The lowest BCUT2D eigenvalue weighted by atomic mass is 9.93. The molecule has 0 aliphatic heterocycles. The predicted molar refractivity (Wildman–Crippen MR) is 87.3 cm³/mol. The number of methoxy groups -OCH3 is 1. The van der Waals surface area contributed by atoms with E-state index in [9.17, 15) is 0 Å². The minimum atomic E-state index is -0.182. The van der Waals surface area contributed by atoms with Gasteiger partial charge in [-0.15, -0.1) is 0 Å². The van der Waals surface area contributed by atoms with Crippen molar-refractivity contribution in [3.8, 4) is 5.75 Å². The molecule has 0 heterocycles. The van der Waals surface area contributed by atoms with Crippen LogP contribution in [0.3, 0.4) is 0 Å². The van der Waals surface area contributed by atoms with Crippen LogP contribution in [0.5, 0.6) is 5.75 Å². The van der Waals surface area contributed by atoms with Crippen LogP contribution < -0.4 is 10.5 Å². The summed E-state index contributed by atoms with van der Waals surface area (Å²) in [5.41, 5.74) is 11.1. The van der Waals surface area contributed by atoms with Gasteiger partial charge >= 0.3 is 0 Å². The predicted octanol–water partition coefficient (Wildman–Crippen LogP) is 4.38. The molecule has 0 saturated heterocycles. The van der Waals surface area contributed by atoms with Crippen LogP contribution in [0.25, 0.3) is 0 Å². The van der Waals surface area contributed by atoms with E-state index in [-0.39, 0.29) is 6.04 Å². The van der Waals surface area contributed by atoms with Crippen LogP contribution in [0.4, 0.5) is 0 Å². The van der Waals surface area contributed by atoms with E-state index in [4.69, 9.17) is 10.5 Å². The van der Waals surface area contributed by atoms with Gasteiger partial charge in [0, 0.05) is 10.0 Å². The molecule has 20 heavy (non-hydrogen) atoms. The number of benzene rings is 2. The fourth-order valence-electron chi connectivity index (χ4n) is 2.42. The Hall–Kier alpha value is -1.32. The minimum Gasteiger partial charge on any atom is -0.496 e. The Morgan fingerprint density at radius 1 is 1.20 bits per heavy atom. The third kappa shape index (κ3) is 2.89. The molecular formula is C17H20BrNO. The van der Waals surface area contributed by atoms with Crippen molar-refractivity contribution in [3.63, 3.8) is 0 Å². The smallest absolute Gasteiger partial charge is 0.124 e. The van der Waals surface area contributed by atoms with Gasteiger partial charge in [0.25, 0.3) is 0 Å². The Kier molecular flexibility index (Phi) is 4.84. The van der Waals surface area contributed by atoms with Crippen molar-refractivity contribution in [1.29, 1.82) is 0 Å². The number of hydrogen-bond acceptors (Lipinski definition) is 2. The largest absolute Gasteiger partial charge is 0.496 e. The summed E-state index contributed by atoms with van der Waals surface area (Å²) in [6.07, 6.45) is 0.971. The highest BCUT2D eigenvalue weighted by Gasteiger charge is 2.17. The highest BCUT2D eigenvalue weighted by atomic mass is 79.9. The van der Waals surface area contributed by atoms with Crippen molar-refractivity contribution in [2.45, 2.75) is 26.3 Å². The summed E-state index contributed by atoms with van der Waals surface area (Å²) in [6, 6.07) is 12.2. The van der Waals surface area contributed by atoms with E-state index >= 15 is 0 Å². The van der Waals surface area contributed by atoms with Crippen LogP contribution in [0.15, 0.2) is 40.9 Å². The van der Waals surface area contributed by atoms with Crippen molar-refractivity contribution >= 4 is 15.9 Å². The zero-order chi connectivity index (χ0) is 14.7. The highest BCUT2D eigenvalue weighted by Crippen LogP contribution is 2.34. The molecule has 1 atom stereocenters. The van der Waals surface area contributed by atoms with E-state index in [0.717, 1.165) is 33.3 Å². The second-order valence-corrected chi connectivity index (χ2v) is 5.73. The van der Waals surface area contributed by atoms with Gasteiger partial charge in [-0.3, -0.25) is 0 Å². The van der Waals surface area contributed by atoms with Gasteiger partial charge in [-0.2, -0.15) is 0 Å². The molecule has 0 bridgehead atoms. The summed E-state index contributed by atoms with van der Waals surface area (Å²) in [4.78, 5) is 0. The first-order valence-corrected chi connectivity index (χ1v) is 7.55. The maximum Gasteiger partial charge on any atom is 0.124 e. The molecule has 106 valence electrons. The summed E-state index contributed by atoms with van der Waals surface area (Å²) in [6.45, 7) is 4.19. The lowest BCUT2D eigenvalue weighted by Gasteiger charge is -2.20. The van der Waals surface area contributed by atoms with Crippen LogP contribution in [-0.2, 0) is 6.42 Å². The fraction of sp³-hybridized carbons (Fsp3) is 0.294. The van der Waals surface area contributed by atoms with Crippen LogP contribution in [-0.4, -0.2) is 7.11 Å². The standard InChI is InChI=1S/C17H20BrNO/c1-4-12-7-5-6-8-13(12)17(19)14-10-15(18)11(2)9-16(14)20-3/h5-10,17H,4,19H2,1-3H3. The van der Waals surface area contributed by atoms with E-state index in [2.05, 4.69) is 47.1 Å². The zero-order valence-electron chi connectivity index (χ0n) is 12.1. The van der Waals surface area contributed by atoms with Crippen LogP contribution in [0.1, 0.15) is 35.2 Å². The topological polar surface area (TPSA) is 35.2 Å². The summed E-state index contributed by atoms with van der Waals surface area (Å²) >= 11 is 3.57. The molecule has 0 saturated carbocycles. The summed E-state index contributed by atoms with van der Waals surface area (Å²) < 4.78 is 6.55. The Labute approximate surface area is 129 Å². The van der Waals surface area contributed by atoms with Gasteiger partial charge in [-0.05, 0) is 42.2 Å². The van der Waals surface area contributed by atoms with Crippen molar-refractivity contribution in [2.75, 3.05) is 7.11 Å². The highest BCUT2D eigenvalue weighted by molar-refractivity contribution is 9.10. The lowest BCUT2D eigenvalue weighted by Crippen LogP contribution is -2.15. The van der Waals surface area contributed by atoms with Crippen LogP contribution >= 0.6 is 15.9 Å². The third-order valence-electron chi connectivity index (χ3n) is 3.62. The molecule has 1 unspecified atom stereocenters. The van der Waals surface area contributed by atoms with E-state index < -0.39 is 0 Å². The number of aryl methyl sites for hydroxylation is 2. The molecule has 0 aliphatic rings. The molecule has 0 spiro atoms. The molecule has 2 rings (SSSR count). The van der Waals surface area contributed by atoms with Gasteiger partial charge in [-0.25, -0.2) is 0 Å². The average molecular weight is 334 g/mol. The summed E-state index contributed by atoms with van der Waals surface area (Å²) in [5, 5.41) is 0. The Balaban J connectivity index is 2.52. The molecule has 2 N–H and O–H groups in total. The molecule has 2 nitrogen and oxygen atoms in total. The lowest BCUT2D eigenvalue weighted by molar-refractivity contribution is 0.407. The maximum absolute atomic E-state index is 6.49. The van der Waals surface area contributed by atoms with Gasteiger partial charge in [0.15, 0.2) is 0 Å². The SMILES string of the molecule is CCc1ccccc1C(N)c1cc(Br)c(C)cc1OC. The summed E-state index contributed by atoms with van der Waals surface area (Å²) in [5.74, 6) is 0.837. The first kappa shape index (κ1) is 15.1. The van der Waals surface area contributed by atoms with Gasteiger partial charge in [0.05, 0.1) is 13.2 Å². The number of rotatable bonds is 4. The molecule has 0 aromatic heterocycles. The first-order chi connectivity index (χ1) is 9.58. The normalized spacial score (nSPS) is 12.2. The molecule has 0 radical (unpaired) electrons. The van der Waals surface area contributed by atoms with Gasteiger partial charge in [0.1, 0.15) is 5.75 Å². The molecule has 3 heteroatoms. The number of hydrogen-bond donors (Lipinski definition) is 1. The molecule has 0 amide bonds. The minimum absolute atomic E-state index is 0.182. The molecule has 0 fully saturated rings. The van der Waals surface area contributed by atoms with Crippen molar-refractivity contribution in [1.82, 2.24) is 0 Å². The number of ether oxygens (including phenoxy) is 1. The third-order valence-corrected chi connectivity index (χ3v) is 4.47.